The minimum atomic E-state index is 0.0774. The van der Waals surface area contributed by atoms with Gasteiger partial charge in [0.15, 0.2) is 0 Å². The van der Waals surface area contributed by atoms with Gasteiger partial charge in [-0.2, -0.15) is 0 Å². The molecule has 0 atom stereocenters. The molecular formula is C2H5I2O-. The second kappa shape index (κ2) is 5.42. The molecule has 0 rings (SSSR count). The Bertz CT molecular complexity index is 15.1. The first-order chi connectivity index (χ1) is 2.41. The third kappa shape index (κ3) is 5.42. The summed E-state index contributed by atoms with van der Waals surface area (Å²) in [6, 6.07) is 0. The Morgan fingerprint density at radius 2 is 2.60 bits per heavy atom. The Morgan fingerprint density at radius 3 is 2.60 bits per heavy atom. The quantitative estimate of drug-likeness (QED) is 0.557. The fourth-order valence-corrected chi connectivity index (χ4v) is 1.86. The molecule has 0 radical (unpaired) electrons. The van der Waals surface area contributed by atoms with E-state index in [2.05, 4.69) is 18.6 Å². The molecule has 0 aromatic rings. The fourth-order valence-electron chi connectivity index (χ4n) is 0.0412. The molecule has 0 amide bonds. The van der Waals surface area contributed by atoms with Gasteiger partial charge in [-0.15, -0.1) is 0 Å². The zero-order chi connectivity index (χ0) is 4.12. The SMILES string of the molecule is CCO[I-]I. The van der Waals surface area contributed by atoms with Gasteiger partial charge in [-0.05, 0) is 0 Å². The predicted molar refractivity (Wildman–Crippen MR) is 25.6 cm³/mol. The van der Waals surface area contributed by atoms with Crippen LogP contribution in [0, 0.1) is 0 Å². The molecule has 0 spiro atoms. The molecule has 0 bridgehead atoms. The van der Waals surface area contributed by atoms with Crippen molar-refractivity contribution in [2.45, 2.75) is 6.92 Å². The van der Waals surface area contributed by atoms with Gasteiger partial charge in [0, 0.05) is 0 Å². The summed E-state index contributed by atoms with van der Waals surface area (Å²) >= 11 is 2.35. The maximum atomic E-state index is 4.93. The van der Waals surface area contributed by atoms with Gasteiger partial charge in [0.2, 0.25) is 0 Å². The van der Waals surface area contributed by atoms with Crippen LogP contribution >= 0.6 is 18.6 Å². The molecule has 34 valence electrons. The summed E-state index contributed by atoms with van der Waals surface area (Å²) in [4.78, 5) is 0. The van der Waals surface area contributed by atoms with Crippen LogP contribution in [0.3, 0.4) is 0 Å². The average molecular weight is 299 g/mol. The first-order valence-corrected chi connectivity index (χ1v) is 8.46. The van der Waals surface area contributed by atoms with Crippen LogP contribution in [0.5, 0.6) is 0 Å². The molecule has 0 aliphatic carbocycles. The number of halogens is 2. The van der Waals surface area contributed by atoms with Crippen LogP contribution in [-0.4, -0.2) is 6.61 Å². The molecule has 0 saturated carbocycles. The van der Waals surface area contributed by atoms with Crippen LogP contribution in [-0.2, 0) is 3.07 Å². The number of rotatable bonds is 2. The van der Waals surface area contributed by atoms with Crippen molar-refractivity contribution in [2.24, 2.45) is 0 Å². The summed E-state index contributed by atoms with van der Waals surface area (Å²) in [7, 11) is 0. The van der Waals surface area contributed by atoms with E-state index in [0.717, 1.165) is 6.61 Å². The van der Waals surface area contributed by atoms with Crippen molar-refractivity contribution < 1.29 is 20.7 Å². The van der Waals surface area contributed by atoms with Crippen LogP contribution in [0.25, 0.3) is 0 Å². The van der Waals surface area contributed by atoms with Gasteiger partial charge in [0.1, 0.15) is 0 Å². The second-order valence-corrected chi connectivity index (χ2v) is 3.65. The van der Waals surface area contributed by atoms with Crippen LogP contribution < -0.4 is 17.6 Å². The monoisotopic (exact) mass is 299 g/mol. The summed E-state index contributed by atoms with van der Waals surface area (Å²) in [5.74, 6) is 0. The van der Waals surface area contributed by atoms with E-state index < -0.39 is 0 Å². The van der Waals surface area contributed by atoms with Gasteiger partial charge in [-0.25, -0.2) is 0 Å². The molecule has 0 heterocycles. The van der Waals surface area contributed by atoms with Gasteiger partial charge in [0.05, 0.1) is 0 Å². The van der Waals surface area contributed by atoms with Crippen LogP contribution in [0.4, 0.5) is 0 Å². The summed E-state index contributed by atoms with van der Waals surface area (Å²) in [6.07, 6.45) is 0. The molecule has 3 heteroatoms. The Balaban J connectivity index is 2.19. The van der Waals surface area contributed by atoms with E-state index in [1.165, 1.54) is 0 Å². The minimum absolute atomic E-state index is 0.0774. The van der Waals surface area contributed by atoms with Crippen molar-refractivity contribution in [2.75, 3.05) is 6.61 Å². The van der Waals surface area contributed by atoms with Crippen molar-refractivity contribution >= 4 is 18.6 Å². The standard InChI is InChI=1S/C2H5I2O/c1-2-5-4-3/h2H2,1H3/q-1. The first kappa shape index (κ1) is 6.42. The van der Waals surface area contributed by atoms with Gasteiger partial charge in [-0.3, -0.25) is 0 Å². The van der Waals surface area contributed by atoms with Gasteiger partial charge in [-0.1, -0.05) is 0 Å². The molecular weight excluding hydrogens is 294 g/mol. The molecule has 0 aromatic heterocycles. The number of hydrogen-bond acceptors (Lipinski definition) is 1. The molecule has 0 N–H and O–H groups in total. The van der Waals surface area contributed by atoms with E-state index in [1.54, 1.807) is 0 Å². The summed E-state index contributed by atoms with van der Waals surface area (Å²) in [6.45, 7) is 2.90. The van der Waals surface area contributed by atoms with E-state index in [4.69, 9.17) is 3.07 Å². The normalized spacial score (nSPS) is 9.20. The van der Waals surface area contributed by atoms with Crippen molar-refractivity contribution in [3.05, 3.63) is 0 Å². The van der Waals surface area contributed by atoms with Gasteiger partial charge >= 0.3 is 52.9 Å². The van der Waals surface area contributed by atoms with E-state index in [-0.39, 0.29) is 17.6 Å². The van der Waals surface area contributed by atoms with E-state index >= 15 is 0 Å². The van der Waals surface area contributed by atoms with Crippen LogP contribution in [0.15, 0.2) is 0 Å². The van der Waals surface area contributed by atoms with Crippen molar-refractivity contribution in [1.29, 1.82) is 0 Å². The molecule has 0 unspecified atom stereocenters. The van der Waals surface area contributed by atoms with Crippen LogP contribution in [0.1, 0.15) is 6.92 Å². The van der Waals surface area contributed by atoms with Crippen molar-refractivity contribution in [3.63, 3.8) is 0 Å². The first-order valence-electron chi connectivity index (χ1n) is 1.29. The maximum absolute atomic E-state index is 4.93. The Kier molecular flexibility index (Phi) is 6.96. The van der Waals surface area contributed by atoms with Crippen molar-refractivity contribution in [3.8, 4) is 0 Å². The molecule has 0 aliphatic rings. The molecule has 0 fully saturated rings. The molecule has 0 aromatic carbocycles. The second-order valence-electron chi connectivity index (χ2n) is 0.456. The molecule has 0 saturated heterocycles. The Labute approximate surface area is 52.5 Å². The summed E-state index contributed by atoms with van der Waals surface area (Å²) < 4.78 is 4.93. The molecule has 1 nitrogen and oxygen atoms in total. The summed E-state index contributed by atoms with van der Waals surface area (Å²) in [5, 5.41) is 0. The van der Waals surface area contributed by atoms with Crippen LogP contribution in [0.2, 0.25) is 0 Å². The third-order valence-electron chi connectivity index (χ3n) is 0.150. The number of hydrogen-bond donors (Lipinski definition) is 0. The Hall–Kier alpha value is 1.42. The zero-order valence-electron chi connectivity index (χ0n) is 2.87. The molecule has 5 heavy (non-hydrogen) atoms. The van der Waals surface area contributed by atoms with E-state index in [1.807, 2.05) is 6.92 Å². The van der Waals surface area contributed by atoms with Crippen molar-refractivity contribution in [1.82, 2.24) is 0 Å². The van der Waals surface area contributed by atoms with Gasteiger partial charge in [0.25, 0.3) is 0 Å². The average Bonchev–Trinajstić information content (AvgIpc) is 1.41. The Morgan fingerprint density at radius 1 is 2.00 bits per heavy atom. The zero-order valence-corrected chi connectivity index (χ0v) is 7.19. The molecule has 0 aliphatic heterocycles. The third-order valence-corrected chi connectivity index (χ3v) is 2.59. The van der Waals surface area contributed by atoms with E-state index in [9.17, 15) is 0 Å². The topological polar surface area (TPSA) is 9.23 Å². The van der Waals surface area contributed by atoms with E-state index in [0.29, 0.717) is 0 Å². The van der Waals surface area contributed by atoms with Gasteiger partial charge < -0.3 is 0 Å². The summed E-state index contributed by atoms with van der Waals surface area (Å²) in [5.41, 5.74) is 0. The fraction of sp³-hybridized carbons (Fsp3) is 1.00. The predicted octanol–water partition coefficient (Wildman–Crippen LogP) is -1.62.